The van der Waals surface area contributed by atoms with E-state index >= 15 is 0 Å². The first-order valence-electron chi connectivity index (χ1n) is 6.02. The smallest absolute Gasteiger partial charge is 0.256 e. The summed E-state index contributed by atoms with van der Waals surface area (Å²) in [6.45, 7) is 0. The number of fused-ring (bicyclic) bond motifs is 1. The number of nitrogens with one attached hydrogen (secondary N) is 2. The van der Waals surface area contributed by atoms with Crippen LogP contribution in [0.25, 0.3) is 10.9 Å². The molecule has 0 atom stereocenters. The van der Waals surface area contributed by atoms with E-state index < -0.39 is 0 Å². The van der Waals surface area contributed by atoms with Crippen molar-refractivity contribution in [3.63, 3.8) is 0 Å². The van der Waals surface area contributed by atoms with Crippen molar-refractivity contribution in [2.75, 3.05) is 5.32 Å². The van der Waals surface area contributed by atoms with Crippen LogP contribution >= 0.6 is 11.6 Å². The Labute approximate surface area is 120 Å². The first kappa shape index (κ1) is 12.6. The molecule has 100 valence electrons. The molecule has 0 aliphatic rings. The van der Waals surface area contributed by atoms with E-state index in [4.69, 9.17) is 11.6 Å². The monoisotopic (exact) mass is 286 g/mol. The third-order valence-electron chi connectivity index (χ3n) is 3.02. The van der Waals surface area contributed by atoms with Crippen LogP contribution in [0.2, 0.25) is 5.02 Å². The molecule has 0 radical (unpaired) electrons. The molecule has 0 fully saturated rings. The van der Waals surface area contributed by atoms with Gasteiger partial charge in [-0.25, -0.2) is 0 Å². The molecule has 4 nitrogen and oxygen atoms in total. The van der Waals surface area contributed by atoms with E-state index in [1.807, 2.05) is 18.2 Å². The number of halogens is 1. The first-order chi connectivity index (χ1) is 9.65. The van der Waals surface area contributed by atoms with Gasteiger partial charge in [0.1, 0.15) is 0 Å². The van der Waals surface area contributed by atoms with Crippen molar-refractivity contribution in [2.45, 2.75) is 0 Å². The molecule has 5 heteroatoms. The molecule has 3 N–H and O–H groups in total. The standard InChI is InChI=1S/C15H11ClN2O2/c16-10-7-5-9(6-8-10)15(20)18-14-13(19)11-3-1-2-4-12(11)17-14/h1-8,17,19H,(H,18,20). The number of amides is 1. The van der Waals surface area contributed by atoms with Crippen molar-refractivity contribution in [2.24, 2.45) is 0 Å². The lowest BCUT2D eigenvalue weighted by Crippen LogP contribution is -2.11. The number of hydrogen-bond donors (Lipinski definition) is 3. The second kappa shape index (κ2) is 4.90. The van der Waals surface area contributed by atoms with Crippen LogP contribution < -0.4 is 5.32 Å². The summed E-state index contributed by atoms with van der Waals surface area (Å²) < 4.78 is 0. The summed E-state index contributed by atoms with van der Waals surface area (Å²) in [5, 5.41) is 13.9. The SMILES string of the molecule is O=C(Nc1[nH]c2ccccc2c1O)c1ccc(Cl)cc1. The summed E-state index contributed by atoms with van der Waals surface area (Å²) in [5.74, 6) is -0.00223. The van der Waals surface area contributed by atoms with Crippen molar-refractivity contribution >= 4 is 34.2 Å². The van der Waals surface area contributed by atoms with Gasteiger partial charge in [-0.1, -0.05) is 23.7 Å². The maximum atomic E-state index is 12.1. The fourth-order valence-electron chi connectivity index (χ4n) is 2.00. The Balaban J connectivity index is 1.91. The third-order valence-corrected chi connectivity index (χ3v) is 3.28. The Morgan fingerprint density at radius 3 is 2.50 bits per heavy atom. The van der Waals surface area contributed by atoms with E-state index in [0.717, 1.165) is 5.52 Å². The molecule has 0 aliphatic heterocycles. The fraction of sp³-hybridized carbons (Fsp3) is 0. The lowest BCUT2D eigenvalue weighted by molar-refractivity contribution is 0.102. The Kier molecular flexibility index (Phi) is 3.08. The molecule has 3 aromatic rings. The van der Waals surface area contributed by atoms with E-state index in [-0.39, 0.29) is 17.5 Å². The van der Waals surface area contributed by atoms with Crippen LogP contribution in [-0.4, -0.2) is 16.0 Å². The molecule has 0 saturated carbocycles. The number of aromatic hydroxyl groups is 1. The molecular formula is C15H11ClN2O2. The normalized spacial score (nSPS) is 10.7. The van der Waals surface area contributed by atoms with Crippen LogP contribution in [0, 0.1) is 0 Å². The van der Waals surface area contributed by atoms with Crippen LogP contribution in [0.1, 0.15) is 10.4 Å². The number of aromatic amines is 1. The number of benzene rings is 2. The highest BCUT2D eigenvalue weighted by molar-refractivity contribution is 6.30. The number of carbonyl (C=O) groups is 1. The average molecular weight is 287 g/mol. The molecule has 0 bridgehead atoms. The molecular weight excluding hydrogens is 276 g/mol. The summed E-state index contributed by atoms with van der Waals surface area (Å²) >= 11 is 5.78. The molecule has 3 rings (SSSR count). The largest absolute Gasteiger partial charge is 0.504 e. The van der Waals surface area contributed by atoms with Gasteiger partial charge in [-0.2, -0.15) is 0 Å². The van der Waals surface area contributed by atoms with E-state index in [0.29, 0.717) is 16.0 Å². The summed E-state index contributed by atoms with van der Waals surface area (Å²) in [7, 11) is 0. The van der Waals surface area contributed by atoms with Gasteiger partial charge in [0, 0.05) is 16.0 Å². The van der Waals surface area contributed by atoms with Crippen LogP contribution in [-0.2, 0) is 0 Å². The van der Waals surface area contributed by atoms with E-state index in [1.54, 1.807) is 30.3 Å². The third kappa shape index (κ3) is 2.21. The Morgan fingerprint density at radius 1 is 1.10 bits per heavy atom. The quantitative estimate of drug-likeness (QED) is 0.671. The second-order valence-corrected chi connectivity index (χ2v) is 4.79. The van der Waals surface area contributed by atoms with Gasteiger partial charge in [0.2, 0.25) is 0 Å². The maximum Gasteiger partial charge on any atom is 0.256 e. The topological polar surface area (TPSA) is 65.1 Å². The number of para-hydroxylation sites is 1. The highest BCUT2D eigenvalue weighted by Gasteiger charge is 2.13. The predicted molar refractivity (Wildman–Crippen MR) is 79.4 cm³/mol. The molecule has 2 aromatic carbocycles. The van der Waals surface area contributed by atoms with Gasteiger partial charge in [0.25, 0.3) is 5.91 Å². The zero-order valence-electron chi connectivity index (χ0n) is 10.4. The molecule has 1 heterocycles. The molecule has 0 aliphatic carbocycles. The van der Waals surface area contributed by atoms with Crippen LogP contribution in [0.15, 0.2) is 48.5 Å². The number of aromatic nitrogens is 1. The van der Waals surface area contributed by atoms with Gasteiger partial charge in [-0.3, -0.25) is 4.79 Å². The Hall–Kier alpha value is -2.46. The highest BCUT2D eigenvalue weighted by Crippen LogP contribution is 2.32. The van der Waals surface area contributed by atoms with Crippen molar-refractivity contribution in [1.29, 1.82) is 0 Å². The van der Waals surface area contributed by atoms with Crippen molar-refractivity contribution in [3.05, 3.63) is 59.1 Å². The van der Waals surface area contributed by atoms with Gasteiger partial charge < -0.3 is 15.4 Å². The minimum Gasteiger partial charge on any atom is -0.504 e. The number of rotatable bonds is 2. The van der Waals surface area contributed by atoms with Crippen molar-refractivity contribution in [1.82, 2.24) is 4.98 Å². The molecule has 0 saturated heterocycles. The number of anilines is 1. The number of carbonyl (C=O) groups excluding carboxylic acids is 1. The second-order valence-electron chi connectivity index (χ2n) is 4.36. The van der Waals surface area contributed by atoms with Gasteiger partial charge in [-0.15, -0.1) is 0 Å². The van der Waals surface area contributed by atoms with Gasteiger partial charge in [-0.05, 0) is 36.4 Å². The predicted octanol–water partition coefficient (Wildman–Crippen LogP) is 3.78. The Bertz CT molecular complexity index is 778. The van der Waals surface area contributed by atoms with E-state index in [9.17, 15) is 9.90 Å². The van der Waals surface area contributed by atoms with E-state index in [1.165, 1.54) is 0 Å². The minimum absolute atomic E-state index is 0.0305. The molecule has 20 heavy (non-hydrogen) atoms. The van der Waals surface area contributed by atoms with Gasteiger partial charge >= 0.3 is 0 Å². The molecule has 0 spiro atoms. The lowest BCUT2D eigenvalue weighted by Gasteiger charge is -2.03. The van der Waals surface area contributed by atoms with Crippen LogP contribution in [0.5, 0.6) is 5.75 Å². The summed E-state index contributed by atoms with van der Waals surface area (Å²) in [4.78, 5) is 15.0. The number of hydrogen-bond acceptors (Lipinski definition) is 2. The van der Waals surface area contributed by atoms with Crippen molar-refractivity contribution < 1.29 is 9.90 Å². The van der Waals surface area contributed by atoms with Crippen LogP contribution in [0.3, 0.4) is 0 Å². The van der Waals surface area contributed by atoms with Gasteiger partial charge in [0.05, 0.1) is 5.52 Å². The minimum atomic E-state index is -0.316. The van der Waals surface area contributed by atoms with Gasteiger partial charge in [0.15, 0.2) is 11.6 Å². The lowest BCUT2D eigenvalue weighted by atomic mass is 10.2. The first-order valence-corrected chi connectivity index (χ1v) is 6.39. The molecule has 0 unspecified atom stereocenters. The highest BCUT2D eigenvalue weighted by atomic mass is 35.5. The number of H-pyrrole nitrogens is 1. The summed E-state index contributed by atoms with van der Waals surface area (Å²) in [5.41, 5.74) is 1.23. The van der Waals surface area contributed by atoms with Crippen molar-refractivity contribution in [3.8, 4) is 5.75 Å². The summed E-state index contributed by atoms with van der Waals surface area (Å²) in [6, 6.07) is 13.8. The zero-order chi connectivity index (χ0) is 14.1. The Morgan fingerprint density at radius 2 is 1.80 bits per heavy atom. The fourth-order valence-corrected chi connectivity index (χ4v) is 2.13. The maximum absolute atomic E-state index is 12.1. The average Bonchev–Trinajstić information content (AvgIpc) is 2.77. The van der Waals surface area contributed by atoms with E-state index in [2.05, 4.69) is 10.3 Å². The molecule has 1 amide bonds. The molecule has 1 aromatic heterocycles. The summed E-state index contributed by atoms with van der Waals surface area (Å²) in [6.07, 6.45) is 0. The van der Waals surface area contributed by atoms with Crippen LogP contribution in [0.4, 0.5) is 5.82 Å². The zero-order valence-corrected chi connectivity index (χ0v) is 11.1.